The monoisotopic (exact) mass is 684 g/mol. The zero-order valence-electron chi connectivity index (χ0n) is 26.7. The predicted octanol–water partition coefficient (Wildman–Crippen LogP) is 6.02. The van der Waals surface area contributed by atoms with E-state index in [0.717, 1.165) is 37.7 Å². The lowest BCUT2D eigenvalue weighted by atomic mass is 9.96. The van der Waals surface area contributed by atoms with Crippen LogP contribution in [0.1, 0.15) is 42.6 Å². The third kappa shape index (κ3) is 6.74. The Hall–Kier alpha value is -3.57. The highest BCUT2D eigenvalue weighted by Crippen LogP contribution is 2.43. The summed E-state index contributed by atoms with van der Waals surface area (Å²) in [6.45, 7) is 7.13. The number of amides is 1. The quantitative estimate of drug-likeness (QED) is 0.280. The zero-order chi connectivity index (χ0) is 33.4. The first-order valence-corrected chi connectivity index (χ1v) is 16.7. The molecule has 0 spiro atoms. The molecule has 0 saturated carbocycles. The van der Waals surface area contributed by atoms with Gasteiger partial charge in [-0.25, -0.2) is 9.18 Å². The van der Waals surface area contributed by atoms with Gasteiger partial charge in [0.25, 0.3) is 5.91 Å². The van der Waals surface area contributed by atoms with Gasteiger partial charge in [0.05, 0.1) is 43.1 Å². The molecule has 0 aliphatic carbocycles. The standard InChI is InChI=1S/C35H39Cl2FN4O5/c1-21-16-41(22(2)15-39(21)3)25(9-10-36)11-24(37)12-33(43)40-17-23-5-4-6-28(34(23)47-20-40)29-14-32(30(35(44)45)13-31(29)38)42-26-7-8-27(42)19-46-18-26/h4-6,9-14,21-22,26-27H,7-8,15-20H2,1-3H3,(H,44,45)/b10-9+,24-12-,25-11+/t21-,22+,26?,27?/m0/s1. The van der Waals surface area contributed by atoms with E-state index in [1.54, 1.807) is 30.4 Å². The zero-order valence-corrected chi connectivity index (χ0v) is 28.2. The van der Waals surface area contributed by atoms with Crippen LogP contribution in [0.4, 0.5) is 10.1 Å². The number of benzene rings is 2. The Morgan fingerprint density at radius 1 is 1.04 bits per heavy atom. The Labute approximate surface area is 284 Å². The minimum absolute atomic E-state index is 0.0379. The van der Waals surface area contributed by atoms with Gasteiger partial charge in [0.15, 0.2) is 6.73 Å². The number of anilines is 1. The molecule has 47 heavy (non-hydrogen) atoms. The molecule has 6 rings (SSSR count). The summed E-state index contributed by atoms with van der Waals surface area (Å²) in [5.74, 6) is -1.72. The van der Waals surface area contributed by atoms with E-state index in [1.807, 2.05) is 6.07 Å². The molecule has 2 aromatic rings. The second-order valence-electron chi connectivity index (χ2n) is 12.8. The molecule has 12 heteroatoms. The molecule has 0 radical (unpaired) electrons. The molecule has 2 bridgehead atoms. The van der Waals surface area contributed by atoms with E-state index in [2.05, 4.69) is 35.6 Å². The average Bonchev–Trinajstić information content (AvgIpc) is 3.28. The normalized spacial score (nSPS) is 25.3. The number of halogens is 3. The van der Waals surface area contributed by atoms with Crippen LogP contribution < -0.4 is 9.64 Å². The van der Waals surface area contributed by atoms with Crippen molar-refractivity contribution < 1.29 is 28.6 Å². The minimum Gasteiger partial charge on any atom is -0.478 e. The van der Waals surface area contributed by atoms with E-state index in [4.69, 9.17) is 32.7 Å². The first kappa shape index (κ1) is 33.3. The minimum atomic E-state index is -1.18. The van der Waals surface area contributed by atoms with Crippen LogP contribution in [0, 0.1) is 5.82 Å². The summed E-state index contributed by atoms with van der Waals surface area (Å²) in [7, 11) is 2.10. The highest BCUT2D eigenvalue weighted by molar-refractivity contribution is 6.32. The van der Waals surface area contributed by atoms with Gasteiger partial charge in [-0.15, -0.1) is 0 Å². The number of hydrogen-bond acceptors (Lipinski definition) is 7. The Morgan fingerprint density at radius 3 is 2.49 bits per heavy atom. The maximum Gasteiger partial charge on any atom is 0.337 e. The number of morpholine rings is 1. The number of carbonyl (C=O) groups excluding carboxylic acids is 1. The Balaban J connectivity index is 1.25. The molecule has 0 aromatic heterocycles. The predicted molar refractivity (Wildman–Crippen MR) is 180 cm³/mol. The van der Waals surface area contributed by atoms with Gasteiger partial charge in [0, 0.05) is 64.2 Å². The number of carboxylic acids is 1. The molecule has 2 unspecified atom stereocenters. The summed E-state index contributed by atoms with van der Waals surface area (Å²) in [6, 6.07) is 8.71. The molecule has 3 saturated heterocycles. The number of allylic oxidation sites excluding steroid dienone is 3. The third-order valence-electron chi connectivity index (χ3n) is 9.67. The first-order chi connectivity index (χ1) is 22.5. The average molecular weight is 686 g/mol. The van der Waals surface area contributed by atoms with E-state index < -0.39 is 11.8 Å². The van der Waals surface area contributed by atoms with Crippen LogP contribution in [0.15, 0.2) is 64.8 Å². The Bertz CT molecular complexity index is 1630. The molecular weight excluding hydrogens is 646 g/mol. The molecular formula is C35H39Cl2FN4O5. The summed E-state index contributed by atoms with van der Waals surface area (Å²) in [4.78, 5) is 33.7. The van der Waals surface area contributed by atoms with Gasteiger partial charge < -0.3 is 29.3 Å². The molecule has 3 fully saturated rings. The number of aromatic carboxylic acids is 1. The van der Waals surface area contributed by atoms with Gasteiger partial charge in [-0.3, -0.25) is 9.69 Å². The van der Waals surface area contributed by atoms with Crippen molar-refractivity contribution in [2.45, 2.75) is 57.4 Å². The van der Waals surface area contributed by atoms with Crippen molar-refractivity contribution >= 4 is 40.8 Å². The number of piperazine rings is 1. The molecule has 1 amide bonds. The largest absolute Gasteiger partial charge is 0.478 e. The van der Waals surface area contributed by atoms with Crippen LogP contribution in [-0.4, -0.2) is 95.9 Å². The number of fused-ring (bicyclic) bond motifs is 3. The van der Waals surface area contributed by atoms with Crippen LogP contribution in [0.2, 0.25) is 0 Å². The Kier molecular flexibility index (Phi) is 9.85. The van der Waals surface area contributed by atoms with Gasteiger partial charge in [-0.05, 0) is 58.0 Å². The summed E-state index contributed by atoms with van der Waals surface area (Å²) >= 11 is 12.6. The second-order valence-corrected chi connectivity index (χ2v) is 13.5. The molecule has 2 aromatic carbocycles. The van der Waals surface area contributed by atoms with Gasteiger partial charge in [-0.2, -0.15) is 0 Å². The van der Waals surface area contributed by atoms with Crippen molar-refractivity contribution in [1.29, 1.82) is 0 Å². The SMILES string of the molecule is C[C@@H]1CN(C)[C@@H](C)CN1C(/C=C/Cl)=C/C(Cl)=C/C(=O)N1COc2c(cccc2-c2cc(N3C4CCC3COC4)c(C(=O)O)cc2F)C1. The van der Waals surface area contributed by atoms with Gasteiger partial charge in [-0.1, -0.05) is 41.4 Å². The fraction of sp³-hybridized carbons (Fsp3) is 0.429. The van der Waals surface area contributed by atoms with Crippen molar-refractivity contribution in [3.05, 3.63) is 81.8 Å². The molecule has 4 aliphatic heterocycles. The number of likely N-dealkylation sites (N-methyl/N-ethyl adjacent to an activating group) is 1. The Morgan fingerprint density at radius 2 is 1.79 bits per heavy atom. The molecule has 250 valence electrons. The fourth-order valence-electron chi connectivity index (χ4n) is 7.14. The van der Waals surface area contributed by atoms with Crippen molar-refractivity contribution in [2.24, 2.45) is 0 Å². The van der Waals surface area contributed by atoms with E-state index in [9.17, 15) is 14.7 Å². The summed E-state index contributed by atoms with van der Waals surface area (Å²) < 4.78 is 27.5. The van der Waals surface area contributed by atoms with E-state index in [1.165, 1.54) is 16.5 Å². The molecule has 4 heterocycles. The van der Waals surface area contributed by atoms with Crippen LogP contribution >= 0.6 is 23.2 Å². The number of carboxylic acid groups (broad SMARTS) is 1. The van der Waals surface area contributed by atoms with Crippen LogP contribution in [0.25, 0.3) is 11.1 Å². The highest BCUT2D eigenvalue weighted by atomic mass is 35.5. The number of para-hydroxylation sites is 1. The summed E-state index contributed by atoms with van der Waals surface area (Å²) in [5.41, 5.74) is 4.09. The molecule has 1 N–H and O–H groups in total. The lowest BCUT2D eigenvalue weighted by molar-refractivity contribution is -0.130. The molecule has 4 aliphatic rings. The van der Waals surface area contributed by atoms with Gasteiger partial charge >= 0.3 is 5.97 Å². The number of ether oxygens (including phenoxy) is 2. The van der Waals surface area contributed by atoms with Crippen LogP contribution in [0.5, 0.6) is 5.75 Å². The lowest BCUT2D eigenvalue weighted by Crippen LogP contribution is -2.54. The number of nitrogens with zero attached hydrogens (tertiary/aromatic N) is 4. The molecule has 9 nitrogen and oxygen atoms in total. The number of carbonyl (C=O) groups is 2. The van der Waals surface area contributed by atoms with E-state index in [-0.39, 0.29) is 53.5 Å². The lowest BCUT2D eigenvalue weighted by Gasteiger charge is -2.44. The maximum absolute atomic E-state index is 15.7. The van der Waals surface area contributed by atoms with Crippen molar-refractivity contribution in [3.8, 4) is 16.9 Å². The maximum atomic E-state index is 15.7. The van der Waals surface area contributed by atoms with Crippen molar-refractivity contribution in [2.75, 3.05) is 45.0 Å². The highest BCUT2D eigenvalue weighted by Gasteiger charge is 2.40. The fourth-order valence-corrected chi connectivity index (χ4v) is 7.48. The van der Waals surface area contributed by atoms with Crippen LogP contribution in [0.3, 0.4) is 0 Å². The second kappa shape index (κ2) is 13.9. The summed E-state index contributed by atoms with van der Waals surface area (Å²) in [6.07, 6.45) is 6.65. The van der Waals surface area contributed by atoms with E-state index in [0.29, 0.717) is 41.8 Å². The van der Waals surface area contributed by atoms with Crippen LogP contribution in [-0.2, 0) is 16.1 Å². The molecule has 4 atom stereocenters. The van der Waals surface area contributed by atoms with Crippen molar-refractivity contribution in [1.82, 2.24) is 14.7 Å². The smallest absolute Gasteiger partial charge is 0.337 e. The summed E-state index contributed by atoms with van der Waals surface area (Å²) in [5, 5.41) is 10.2. The van der Waals surface area contributed by atoms with Gasteiger partial charge in [0.1, 0.15) is 11.6 Å². The number of rotatable bonds is 7. The van der Waals surface area contributed by atoms with Gasteiger partial charge in [0.2, 0.25) is 0 Å². The third-order valence-corrected chi connectivity index (χ3v) is 10.0. The van der Waals surface area contributed by atoms with Crippen molar-refractivity contribution in [3.63, 3.8) is 0 Å². The first-order valence-electron chi connectivity index (χ1n) is 15.8. The topological polar surface area (TPSA) is 85.8 Å². The van der Waals surface area contributed by atoms with E-state index >= 15 is 4.39 Å². The number of hydrogen-bond donors (Lipinski definition) is 1.